The molecule has 4 rings (SSSR count). The van der Waals surface area contributed by atoms with Gasteiger partial charge in [0.15, 0.2) is 0 Å². The summed E-state index contributed by atoms with van der Waals surface area (Å²) >= 11 is 1.37. The van der Waals surface area contributed by atoms with Gasteiger partial charge in [0.25, 0.3) is 0 Å². The van der Waals surface area contributed by atoms with E-state index in [4.69, 9.17) is 14.2 Å². The van der Waals surface area contributed by atoms with E-state index in [1.807, 2.05) is 37.4 Å². The molecule has 0 aliphatic carbocycles. The summed E-state index contributed by atoms with van der Waals surface area (Å²) in [6, 6.07) is 12.3. The third-order valence-corrected chi connectivity index (χ3v) is 8.04. The molecule has 0 radical (unpaired) electrons. The average molecular weight is 517 g/mol. The van der Waals surface area contributed by atoms with Crippen LogP contribution < -0.4 is 14.9 Å². The molecule has 2 aromatic carbocycles. The van der Waals surface area contributed by atoms with Crippen molar-refractivity contribution in [3.05, 3.63) is 53.4 Å². The molecule has 35 heavy (non-hydrogen) atoms. The molecule has 0 bridgehead atoms. The van der Waals surface area contributed by atoms with Crippen molar-refractivity contribution in [2.24, 2.45) is 5.10 Å². The van der Waals surface area contributed by atoms with Gasteiger partial charge in [-0.05, 0) is 38.1 Å². The van der Waals surface area contributed by atoms with E-state index in [1.54, 1.807) is 44.7 Å². The molecule has 0 saturated carbocycles. The highest BCUT2D eigenvalue weighted by atomic mass is 32.2. The maximum Gasteiger partial charge on any atom is 0.243 e. The number of hydrazone groups is 1. The topological polar surface area (TPSA) is 102 Å². The second-order valence-corrected chi connectivity index (χ2v) is 10.9. The summed E-state index contributed by atoms with van der Waals surface area (Å²) in [4.78, 5) is 4.79. The number of ether oxygens (including phenoxy) is 3. The van der Waals surface area contributed by atoms with Crippen molar-refractivity contribution in [2.45, 2.75) is 31.0 Å². The van der Waals surface area contributed by atoms with E-state index in [-0.39, 0.29) is 17.1 Å². The average Bonchev–Trinajstić information content (AvgIpc) is 3.32. The predicted octanol–water partition coefficient (Wildman–Crippen LogP) is 4.07. The Labute approximate surface area is 209 Å². The zero-order valence-corrected chi connectivity index (χ0v) is 21.6. The van der Waals surface area contributed by atoms with E-state index in [0.29, 0.717) is 41.0 Å². The Balaban J connectivity index is 1.48. The van der Waals surface area contributed by atoms with E-state index in [2.05, 4.69) is 15.5 Å². The van der Waals surface area contributed by atoms with Crippen LogP contribution in [0.3, 0.4) is 0 Å². The van der Waals surface area contributed by atoms with Gasteiger partial charge in [0, 0.05) is 35.7 Å². The normalized spacial score (nSPS) is 19.1. The summed E-state index contributed by atoms with van der Waals surface area (Å²) in [5, 5.41) is 6.69. The Kier molecular flexibility index (Phi) is 7.70. The highest BCUT2D eigenvalue weighted by Crippen LogP contribution is 2.29. The number of rotatable bonds is 8. The zero-order chi connectivity index (χ0) is 25.0. The molecule has 1 saturated heterocycles. The maximum absolute atomic E-state index is 13.2. The lowest BCUT2D eigenvalue weighted by atomic mass is 10.2. The molecular weight excluding hydrogens is 488 g/mol. The van der Waals surface area contributed by atoms with Crippen molar-refractivity contribution in [3.8, 4) is 22.8 Å². The first-order valence-electron chi connectivity index (χ1n) is 11.0. The third-order valence-electron chi connectivity index (χ3n) is 5.46. The quantitative estimate of drug-likeness (QED) is 0.356. The number of thiazole rings is 1. The van der Waals surface area contributed by atoms with Crippen LogP contribution in [0.15, 0.2) is 57.8 Å². The summed E-state index contributed by atoms with van der Waals surface area (Å²) in [6.07, 6.45) is 1.33. The molecule has 11 heteroatoms. The number of nitrogens with zero attached hydrogens (tertiary/aromatic N) is 3. The van der Waals surface area contributed by atoms with Crippen LogP contribution in [0.1, 0.15) is 19.4 Å². The molecule has 0 amide bonds. The van der Waals surface area contributed by atoms with Crippen molar-refractivity contribution < 1.29 is 22.6 Å². The van der Waals surface area contributed by atoms with Gasteiger partial charge in [0.1, 0.15) is 11.5 Å². The van der Waals surface area contributed by atoms with Gasteiger partial charge >= 0.3 is 0 Å². The van der Waals surface area contributed by atoms with Gasteiger partial charge in [-0.15, -0.1) is 11.3 Å². The van der Waals surface area contributed by atoms with Gasteiger partial charge in [-0.25, -0.2) is 13.4 Å². The molecule has 1 aliphatic rings. The van der Waals surface area contributed by atoms with E-state index in [1.165, 1.54) is 15.6 Å². The molecule has 1 fully saturated rings. The molecule has 1 N–H and O–H groups in total. The Bertz CT molecular complexity index is 1300. The lowest BCUT2D eigenvalue weighted by molar-refractivity contribution is -0.0440. The van der Waals surface area contributed by atoms with Gasteiger partial charge in [-0.3, -0.25) is 5.43 Å². The van der Waals surface area contributed by atoms with Crippen molar-refractivity contribution in [1.29, 1.82) is 0 Å². The molecule has 1 aromatic heterocycles. The first-order valence-corrected chi connectivity index (χ1v) is 13.3. The molecule has 9 nitrogen and oxygen atoms in total. The van der Waals surface area contributed by atoms with E-state index >= 15 is 0 Å². The number of anilines is 1. The number of hydrogen-bond acceptors (Lipinski definition) is 9. The minimum Gasteiger partial charge on any atom is -0.497 e. The van der Waals surface area contributed by atoms with Crippen LogP contribution in [0.4, 0.5) is 5.13 Å². The minimum absolute atomic E-state index is 0.151. The first-order chi connectivity index (χ1) is 16.8. The van der Waals surface area contributed by atoms with Crippen LogP contribution in [0.25, 0.3) is 11.3 Å². The largest absolute Gasteiger partial charge is 0.497 e. The van der Waals surface area contributed by atoms with Crippen LogP contribution in [0, 0.1) is 0 Å². The Morgan fingerprint density at radius 2 is 1.91 bits per heavy atom. The molecule has 2 heterocycles. The summed E-state index contributed by atoms with van der Waals surface area (Å²) in [5.41, 5.74) is 5.07. The summed E-state index contributed by atoms with van der Waals surface area (Å²) < 4.78 is 44.2. The molecular formula is C24H28N4O5S2. The fourth-order valence-corrected chi connectivity index (χ4v) is 6.14. The zero-order valence-electron chi connectivity index (χ0n) is 20.0. The number of sulfonamides is 1. The van der Waals surface area contributed by atoms with E-state index < -0.39 is 10.0 Å². The monoisotopic (exact) mass is 516 g/mol. The number of methoxy groups -OCH3 is 2. The fraction of sp³-hybridized carbons (Fsp3) is 0.333. The lowest BCUT2D eigenvalue weighted by Gasteiger charge is -2.34. The second-order valence-electron chi connectivity index (χ2n) is 8.12. The Morgan fingerprint density at radius 3 is 2.63 bits per heavy atom. The third kappa shape index (κ3) is 5.81. The summed E-state index contributed by atoms with van der Waals surface area (Å²) in [5.74, 6) is 1.33. The molecule has 3 aromatic rings. The van der Waals surface area contributed by atoms with Crippen molar-refractivity contribution in [1.82, 2.24) is 9.29 Å². The smallest absolute Gasteiger partial charge is 0.243 e. The number of aromatic nitrogens is 1. The van der Waals surface area contributed by atoms with Crippen LogP contribution in [-0.4, -0.2) is 63.4 Å². The van der Waals surface area contributed by atoms with Crippen molar-refractivity contribution in [3.63, 3.8) is 0 Å². The van der Waals surface area contributed by atoms with E-state index in [9.17, 15) is 8.42 Å². The number of benzene rings is 2. The highest BCUT2D eigenvalue weighted by Gasteiger charge is 2.32. The van der Waals surface area contributed by atoms with Gasteiger partial charge in [-0.2, -0.15) is 9.41 Å². The standard InChI is InChI=1S/C24H28N4O5S2/c1-16-13-28(14-17(2)33-16)35(29,30)21-7-5-6-18(10-21)22-15-34-24(26-22)27-25-12-19-8-9-20(31-3)11-23(19)32-4/h5-12,15-17H,13-14H2,1-4H3,(H,26,27)/b25-12+/t16-,17+. The maximum atomic E-state index is 13.2. The predicted molar refractivity (Wildman–Crippen MR) is 137 cm³/mol. The second kappa shape index (κ2) is 10.7. The summed E-state index contributed by atoms with van der Waals surface area (Å²) in [6.45, 7) is 4.43. The van der Waals surface area contributed by atoms with Gasteiger partial charge in [0.05, 0.1) is 43.2 Å². The Hall–Kier alpha value is -2.99. The van der Waals surface area contributed by atoms with Gasteiger partial charge in [-0.1, -0.05) is 12.1 Å². The minimum atomic E-state index is -3.64. The molecule has 2 atom stereocenters. The van der Waals surface area contributed by atoms with Crippen molar-refractivity contribution >= 4 is 32.7 Å². The van der Waals surface area contributed by atoms with Crippen LogP contribution in [0.5, 0.6) is 11.5 Å². The fourth-order valence-electron chi connectivity index (χ4n) is 3.83. The van der Waals surface area contributed by atoms with Crippen LogP contribution >= 0.6 is 11.3 Å². The first kappa shape index (κ1) is 25.1. The van der Waals surface area contributed by atoms with Gasteiger partial charge < -0.3 is 14.2 Å². The lowest BCUT2D eigenvalue weighted by Crippen LogP contribution is -2.48. The van der Waals surface area contributed by atoms with E-state index in [0.717, 1.165) is 5.56 Å². The Morgan fingerprint density at radius 1 is 1.14 bits per heavy atom. The van der Waals surface area contributed by atoms with Crippen molar-refractivity contribution in [2.75, 3.05) is 32.7 Å². The molecule has 0 spiro atoms. The molecule has 186 valence electrons. The molecule has 0 unspecified atom stereocenters. The highest BCUT2D eigenvalue weighted by molar-refractivity contribution is 7.89. The van der Waals surface area contributed by atoms with Gasteiger partial charge in [0.2, 0.25) is 15.2 Å². The van der Waals surface area contributed by atoms with Crippen LogP contribution in [0.2, 0.25) is 0 Å². The summed E-state index contributed by atoms with van der Waals surface area (Å²) in [7, 11) is -0.459. The number of hydrogen-bond donors (Lipinski definition) is 1. The number of morpholine rings is 1. The van der Waals surface area contributed by atoms with Crippen LogP contribution in [-0.2, 0) is 14.8 Å². The molecule has 1 aliphatic heterocycles. The number of nitrogens with one attached hydrogen (secondary N) is 1. The SMILES string of the molecule is COc1ccc(/C=N/Nc2nc(-c3cccc(S(=O)(=O)N4C[C@@H](C)O[C@@H](C)C4)c3)cs2)c(OC)c1.